The Kier molecular flexibility index (Phi) is 7.19. The molecule has 0 fully saturated rings. The lowest BCUT2D eigenvalue weighted by molar-refractivity contribution is -0.432. The van der Waals surface area contributed by atoms with Crippen LogP contribution in [-0.2, 0) is 15.8 Å². The number of hydrogen-bond donors (Lipinski definition) is 2. The largest absolute Gasteiger partial charge is 0.348 e. The maximum absolute atomic E-state index is 12.0. The van der Waals surface area contributed by atoms with E-state index in [0.29, 0.717) is 17.9 Å². The summed E-state index contributed by atoms with van der Waals surface area (Å²) in [4.78, 5) is 12.8. The normalized spacial score (nSPS) is 12.2. The zero-order chi connectivity index (χ0) is 14.3. The molecule has 1 atom stereocenters. The van der Waals surface area contributed by atoms with Crippen molar-refractivity contribution in [2.75, 3.05) is 5.88 Å². The molecule has 0 saturated heterocycles. The number of rotatable bonds is 7. The van der Waals surface area contributed by atoms with Gasteiger partial charge in [-0.1, -0.05) is 12.0 Å². The van der Waals surface area contributed by atoms with Crippen LogP contribution in [0, 0.1) is 0 Å². The van der Waals surface area contributed by atoms with Crippen LogP contribution in [0.3, 0.4) is 0 Å². The number of benzene rings is 1. The number of nitrogens with one attached hydrogen (secondary N) is 1. The van der Waals surface area contributed by atoms with Crippen molar-refractivity contribution in [2.45, 2.75) is 31.2 Å². The van der Waals surface area contributed by atoms with E-state index in [-0.39, 0.29) is 11.9 Å². The fraction of sp³-hybridized carbons (Fsp3) is 0.417. The summed E-state index contributed by atoms with van der Waals surface area (Å²) in [6, 6.07) is 5.14. The maximum Gasteiger partial charge on any atom is 0.251 e. The third-order valence-corrected chi connectivity index (χ3v) is 3.51. The summed E-state index contributed by atoms with van der Waals surface area (Å²) in [5, 5.41) is 14.4. The molecule has 0 saturated carbocycles. The molecule has 0 aliphatic heterocycles. The van der Waals surface area contributed by atoms with E-state index >= 15 is 0 Å². The van der Waals surface area contributed by atoms with Crippen molar-refractivity contribution in [2.24, 2.45) is 0 Å². The monoisotopic (exact) mass is 305 g/mol. The Labute approximate surface area is 121 Å². The van der Waals surface area contributed by atoms with Crippen LogP contribution in [0.1, 0.15) is 29.8 Å². The minimum Gasteiger partial charge on any atom is -0.348 e. The molecule has 0 spiro atoms. The van der Waals surface area contributed by atoms with Crippen molar-refractivity contribution in [1.29, 1.82) is 0 Å². The molecule has 106 valence electrons. The highest BCUT2D eigenvalue weighted by molar-refractivity contribution is 7.94. The smallest absolute Gasteiger partial charge is 0.251 e. The summed E-state index contributed by atoms with van der Waals surface area (Å²) in [6.07, 6.45) is 0.701. The van der Waals surface area contributed by atoms with Gasteiger partial charge >= 0.3 is 0 Å². The van der Waals surface area contributed by atoms with Gasteiger partial charge in [-0.2, -0.15) is 0 Å². The summed E-state index contributed by atoms with van der Waals surface area (Å²) in [6.45, 7) is 3.79. The van der Waals surface area contributed by atoms with E-state index in [1.807, 2.05) is 19.9 Å². The molecule has 0 radical (unpaired) electrons. The van der Waals surface area contributed by atoms with Gasteiger partial charge in [0.05, 0.1) is 12.0 Å². The molecule has 2 N–H and O–H groups in total. The number of carbonyl (C=O) groups is 1. The van der Waals surface area contributed by atoms with E-state index in [9.17, 15) is 4.79 Å². The topological polar surface area (TPSA) is 67.8 Å². The fourth-order valence-corrected chi connectivity index (χ4v) is 2.03. The Morgan fingerprint density at radius 1 is 1.58 bits per heavy atom. The third kappa shape index (κ3) is 5.00. The number of amides is 1. The van der Waals surface area contributed by atoms with Gasteiger partial charge in [0.15, 0.2) is 0 Å². The first-order valence-corrected chi connectivity index (χ1v) is 7.04. The Bertz CT molecular complexity index is 430. The fourth-order valence-electron chi connectivity index (χ4n) is 1.53. The lowest BCUT2D eigenvalue weighted by Crippen LogP contribution is -2.34. The second kappa shape index (κ2) is 8.39. The molecular weight excluding hydrogens is 290 g/mol. The van der Waals surface area contributed by atoms with Crippen molar-refractivity contribution in [3.05, 3.63) is 29.3 Å². The molecule has 19 heavy (non-hydrogen) atoms. The summed E-state index contributed by atoms with van der Waals surface area (Å²) in [5.41, 5.74) is 1.49. The number of hydrogen-bond acceptors (Lipinski definition) is 5. The zero-order valence-electron chi connectivity index (χ0n) is 10.7. The van der Waals surface area contributed by atoms with E-state index in [2.05, 4.69) is 14.7 Å². The van der Waals surface area contributed by atoms with Gasteiger partial charge in [-0.25, -0.2) is 5.26 Å². The van der Waals surface area contributed by atoms with Crippen LogP contribution in [0.5, 0.6) is 0 Å². The first-order chi connectivity index (χ1) is 9.12. The lowest BCUT2D eigenvalue weighted by atomic mass is 10.0. The number of alkyl halides is 1. The van der Waals surface area contributed by atoms with E-state index in [1.54, 1.807) is 12.1 Å². The van der Waals surface area contributed by atoms with Gasteiger partial charge in [-0.05, 0) is 37.1 Å². The number of halogens is 1. The maximum atomic E-state index is 12.0. The van der Waals surface area contributed by atoms with Crippen molar-refractivity contribution < 1.29 is 19.4 Å². The van der Waals surface area contributed by atoms with Crippen molar-refractivity contribution in [1.82, 2.24) is 5.32 Å². The highest BCUT2D eigenvalue weighted by atomic mass is 35.5. The third-order valence-electron chi connectivity index (χ3n) is 2.47. The quantitative estimate of drug-likeness (QED) is 0.351. The second-order valence-electron chi connectivity index (χ2n) is 3.93. The number of aryl methyl sites for hydroxylation is 1. The van der Waals surface area contributed by atoms with Gasteiger partial charge in [-0.15, -0.1) is 15.9 Å². The average Bonchev–Trinajstić information content (AvgIpc) is 2.44. The van der Waals surface area contributed by atoms with Crippen LogP contribution in [0.25, 0.3) is 0 Å². The van der Waals surface area contributed by atoms with E-state index in [0.717, 1.165) is 22.5 Å². The molecule has 0 bridgehead atoms. The molecule has 0 aliphatic rings. The Morgan fingerprint density at radius 3 is 2.89 bits per heavy atom. The number of carbonyl (C=O) groups excluding carboxylic acids is 1. The van der Waals surface area contributed by atoms with Crippen LogP contribution < -0.4 is 5.32 Å². The van der Waals surface area contributed by atoms with Gasteiger partial charge in [0.1, 0.15) is 0 Å². The first-order valence-electron chi connectivity index (χ1n) is 5.76. The molecule has 1 rings (SSSR count). The minimum absolute atomic E-state index is 0.0842. The predicted octanol–water partition coefficient (Wildman–Crippen LogP) is 3.03. The highest BCUT2D eigenvalue weighted by Crippen LogP contribution is 2.23. The summed E-state index contributed by atoms with van der Waals surface area (Å²) in [7, 11) is 0. The highest BCUT2D eigenvalue weighted by Gasteiger charge is 2.13. The van der Waals surface area contributed by atoms with Crippen molar-refractivity contribution in [3.63, 3.8) is 0 Å². The van der Waals surface area contributed by atoms with Crippen LogP contribution in [0.4, 0.5) is 0 Å². The molecule has 0 heterocycles. The van der Waals surface area contributed by atoms with Gasteiger partial charge in [0.2, 0.25) is 0 Å². The molecule has 1 unspecified atom stereocenters. The molecule has 0 aromatic heterocycles. The van der Waals surface area contributed by atoms with E-state index < -0.39 is 0 Å². The lowest BCUT2D eigenvalue weighted by Gasteiger charge is -2.13. The second-order valence-corrected chi connectivity index (χ2v) is 5.01. The Hall–Kier alpha value is -0.790. The van der Waals surface area contributed by atoms with Gasteiger partial charge in [-0.3, -0.25) is 4.79 Å². The predicted molar refractivity (Wildman–Crippen MR) is 74.1 cm³/mol. The van der Waals surface area contributed by atoms with Crippen LogP contribution >= 0.6 is 23.6 Å². The summed E-state index contributed by atoms with van der Waals surface area (Å²) < 4.78 is 4.36. The Morgan fingerprint density at radius 2 is 2.32 bits per heavy atom. The first kappa shape index (κ1) is 16.3. The van der Waals surface area contributed by atoms with E-state index in [1.165, 1.54) is 0 Å². The zero-order valence-corrected chi connectivity index (χ0v) is 12.3. The minimum atomic E-state index is -0.152. The molecular formula is C12H16ClNO4S. The SMILES string of the molecule is CCc1cc(SOOO)ccc1C(=O)NC(C)CCl. The molecule has 1 amide bonds. The molecule has 5 nitrogen and oxygen atoms in total. The van der Waals surface area contributed by atoms with Gasteiger partial charge in [0.25, 0.3) is 5.91 Å². The molecule has 7 heteroatoms. The standard InChI is InChI=1S/C12H16ClNO4S/c1-3-9-6-10(19-18-17-16)4-5-11(9)12(15)14-8(2)7-13/h4-6,8,16H,3,7H2,1-2H3,(H,14,15). The van der Waals surface area contributed by atoms with E-state index in [4.69, 9.17) is 16.9 Å². The Balaban J connectivity index is 2.86. The average molecular weight is 306 g/mol. The molecule has 1 aromatic rings. The van der Waals surface area contributed by atoms with Gasteiger partial charge in [0, 0.05) is 22.4 Å². The van der Waals surface area contributed by atoms with Crippen LogP contribution in [-0.4, -0.2) is 23.1 Å². The van der Waals surface area contributed by atoms with Crippen molar-refractivity contribution >= 4 is 29.6 Å². The molecule has 0 aliphatic carbocycles. The van der Waals surface area contributed by atoms with Crippen LogP contribution in [0.2, 0.25) is 0 Å². The molecule has 1 aromatic carbocycles. The summed E-state index contributed by atoms with van der Waals surface area (Å²) in [5.74, 6) is 0.212. The van der Waals surface area contributed by atoms with Crippen LogP contribution in [0.15, 0.2) is 23.1 Å². The summed E-state index contributed by atoms with van der Waals surface area (Å²) >= 11 is 6.53. The van der Waals surface area contributed by atoms with Gasteiger partial charge < -0.3 is 5.32 Å². The van der Waals surface area contributed by atoms with Crippen molar-refractivity contribution in [3.8, 4) is 0 Å².